The van der Waals surface area contributed by atoms with Crippen molar-refractivity contribution in [1.29, 1.82) is 10.8 Å². The van der Waals surface area contributed by atoms with Gasteiger partial charge in [0.05, 0.1) is 11.1 Å². The van der Waals surface area contributed by atoms with Crippen LogP contribution in [-0.4, -0.2) is 21.9 Å². The van der Waals surface area contributed by atoms with Gasteiger partial charge in [-0.05, 0) is 0 Å². The Hall–Kier alpha value is -2.56. The third-order valence-corrected chi connectivity index (χ3v) is 2.91. The summed E-state index contributed by atoms with van der Waals surface area (Å²) in [4.78, 5) is 0. The Balaban J connectivity index is 2.57. The van der Waals surface area contributed by atoms with E-state index in [-0.39, 0.29) is 34.3 Å². The summed E-state index contributed by atoms with van der Waals surface area (Å²) >= 11 is 0. The van der Waals surface area contributed by atoms with Gasteiger partial charge >= 0.3 is 0 Å². The van der Waals surface area contributed by atoms with Crippen LogP contribution in [0.2, 0.25) is 0 Å². The molecule has 0 bridgehead atoms. The lowest BCUT2D eigenvalue weighted by Gasteiger charge is -2.09. The van der Waals surface area contributed by atoms with Gasteiger partial charge in [0.15, 0.2) is 0 Å². The Kier molecular flexibility index (Phi) is 1.69. The zero-order chi connectivity index (χ0) is 12.2. The largest absolute Gasteiger partial charge is 0.507 e. The van der Waals surface area contributed by atoms with Crippen molar-refractivity contribution in [2.24, 2.45) is 0 Å². The predicted molar refractivity (Wildman–Crippen MR) is 64.1 cm³/mol. The summed E-state index contributed by atoms with van der Waals surface area (Å²) in [5.41, 5.74) is 0.373. The molecular formula is C12H9N3O2. The topological polar surface area (TPSA) is 100 Å². The van der Waals surface area contributed by atoms with E-state index in [2.05, 4.69) is 5.32 Å². The van der Waals surface area contributed by atoms with Gasteiger partial charge in [-0.15, -0.1) is 0 Å². The van der Waals surface area contributed by atoms with Crippen molar-refractivity contribution in [2.75, 3.05) is 0 Å². The maximum absolute atomic E-state index is 10.1. The van der Waals surface area contributed by atoms with E-state index in [1.807, 2.05) is 0 Å². The number of aromatic hydroxyl groups is 2. The van der Waals surface area contributed by atoms with E-state index < -0.39 is 0 Å². The molecule has 0 aromatic heterocycles. The van der Waals surface area contributed by atoms with Crippen LogP contribution in [0, 0.1) is 10.8 Å². The zero-order valence-corrected chi connectivity index (χ0v) is 8.70. The summed E-state index contributed by atoms with van der Waals surface area (Å²) in [6.45, 7) is 0. The minimum Gasteiger partial charge on any atom is -0.507 e. The highest BCUT2D eigenvalue weighted by molar-refractivity contribution is 6.28. The first-order valence-corrected chi connectivity index (χ1v) is 5.02. The summed E-state index contributed by atoms with van der Waals surface area (Å²) < 4.78 is 0. The van der Waals surface area contributed by atoms with Crippen LogP contribution in [0.3, 0.4) is 0 Å². The number of phenolic OH excluding ortho intramolecular Hbond substituents is 2. The van der Waals surface area contributed by atoms with Crippen LogP contribution in [-0.2, 0) is 0 Å². The van der Waals surface area contributed by atoms with E-state index in [4.69, 9.17) is 10.8 Å². The fourth-order valence-corrected chi connectivity index (χ4v) is 2.14. The molecule has 0 atom stereocenters. The van der Waals surface area contributed by atoms with Gasteiger partial charge < -0.3 is 15.5 Å². The van der Waals surface area contributed by atoms with Gasteiger partial charge in [0, 0.05) is 10.8 Å². The zero-order valence-electron chi connectivity index (χ0n) is 8.70. The molecule has 0 spiro atoms. The van der Waals surface area contributed by atoms with Gasteiger partial charge in [-0.25, -0.2) is 0 Å². The fraction of sp³-hybridized carbons (Fsp3) is 0. The second-order valence-corrected chi connectivity index (χ2v) is 3.87. The lowest BCUT2D eigenvalue weighted by atomic mass is 9.99. The van der Waals surface area contributed by atoms with Crippen molar-refractivity contribution >= 4 is 22.4 Å². The first kappa shape index (κ1) is 9.65. The third kappa shape index (κ3) is 1.08. The molecule has 17 heavy (non-hydrogen) atoms. The molecule has 2 aromatic carbocycles. The molecule has 84 valence electrons. The van der Waals surface area contributed by atoms with Crippen molar-refractivity contribution in [3.63, 3.8) is 0 Å². The van der Waals surface area contributed by atoms with Gasteiger partial charge in [-0.2, -0.15) is 0 Å². The van der Waals surface area contributed by atoms with Crippen molar-refractivity contribution in [2.45, 2.75) is 0 Å². The molecule has 3 rings (SSSR count). The van der Waals surface area contributed by atoms with E-state index >= 15 is 0 Å². The molecule has 1 aliphatic heterocycles. The number of hydrogen-bond donors (Lipinski definition) is 5. The molecule has 0 aliphatic carbocycles. The van der Waals surface area contributed by atoms with Crippen molar-refractivity contribution in [3.8, 4) is 11.5 Å². The lowest BCUT2D eigenvalue weighted by molar-refractivity contribution is 0.468. The normalized spacial score (nSPS) is 13.9. The SMILES string of the molecule is N=C1NC(=N)c2c1c(O)c1ccccc1c2O. The maximum Gasteiger partial charge on any atom is 0.135 e. The van der Waals surface area contributed by atoms with E-state index in [1.165, 1.54) is 0 Å². The highest BCUT2D eigenvalue weighted by atomic mass is 16.3. The Bertz CT molecular complexity index is 633. The standard InChI is InChI=1S/C12H9N3O2/c13-11-7-8(12(14)15-11)10(17)6-4-2-1-3-5(6)9(7)16/h1-4,16-17H,(H3,13,14,15). The molecule has 0 radical (unpaired) electrons. The molecule has 1 aliphatic rings. The van der Waals surface area contributed by atoms with E-state index in [0.717, 1.165) is 0 Å². The number of nitrogens with one attached hydrogen (secondary N) is 3. The average molecular weight is 227 g/mol. The van der Waals surface area contributed by atoms with Crippen molar-refractivity contribution in [3.05, 3.63) is 35.4 Å². The Labute approximate surface area is 96.3 Å². The van der Waals surface area contributed by atoms with Crippen LogP contribution in [0.4, 0.5) is 0 Å². The number of rotatable bonds is 0. The summed E-state index contributed by atoms with van der Waals surface area (Å²) in [5, 5.41) is 38.9. The van der Waals surface area contributed by atoms with Gasteiger partial charge in [0.25, 0.3) is 0 Å². The summed E-state index contributed by atoms with van der Waals surface area (Å²) in [6.07, 6.45) is 0. The summed E-state index contributed by atoms with van der Waals surface area (Å²) in [6, 6.07) is 6.82. The van der Waals surface area contributed by atoms with E-state index in [9.17, 15) is 10.2 Å². The second-order valence-electron chi connectivity index (χ2n) is 3.87. The number of phenols is 2. The Morgan fingerprint density at radius 2 is 1.24 bits per heavy atom. The fourth-order valence-electron chi connectivity index (χ4n) is 2.14. The molecular weight excluding hydrogens is 218 g/mol. The molecule has 5 nitrogen and oxygen atoms in total. The van der Waals surface area contributed by atoms with Gasteiger partial charge in [-0.3, -0.25) is 10.8 Å². The molecule has 0 fully saturated rings. The summed E-state index contributed by atoms with van der Waals surface area (Å²) in [5.74, 6) is -0.284. The molecule has 1 heterocycles. The summed E-state index contributed by atoms with van der Waals surface area (Å²) in [7, 11) is 0. The number of hydrogen-bond acceptors (Lipinski definition) is 4. The first-order chi connectivity index (χ1) is 8.11. The Morgan fingerprint density at radius 1 is 0.824 bits per heavy atom. The number of amidine groups is 2. The molecule has 0 saturated heterocycles. The van der Waals surface area contributed by atoms with E-state index in [0.29, 0.717) is 10.8 Å². The minimum atomic E-state index is -0.0758. The highest BCUT2D eigenvalue weighted by Crippen LogP contribution is 2.41. The monoisotopic (exact) mass is 227 g/mol. The lowest BCUT2D eigenvalue weighted by Crippen LogP contribution is -2.20. The van der Waals surface area contributed by atoms with Crippen LogP contribution in [0.15, 0.2) is 24.3 Å². The van der Waals surface area contributed by atoms with Crippen molar-refractivity contribution in [1.82, 2.24) is 5.32 Å². The smallest absolute Gasteiger partial charge is 0.135 e. The molecule has 5 heteroatoms. The minimum absolute atomic E-state index is 0.0662. The quantitative estimate of drug-likeness (QED) is 0.441. The number of fused-ring (bicyclic) bond motifs is 2. The van der Waals surface area contributed by atoms with Crippen LogP contribution in [0.25, 0.3) is 10.8 Å². The van der Waals surface area contributed by atoms with Crippen LogP contribution in [0.1, 0.15) is 11.1 Å². The second kappa shape index (κ2) is 2.98. The predicted octanol–water partition coefficient (Wildman–Crippen LogP) is 1.50. The molecule has 5 N–H and O–H groups in total. The van der Waals surface area contributed by atoms with Gasteiger partial charge in [-0.1, -0.05) is 24.3 Å². The highest BCUT2D eigenvalue weighted by Gasteiger charge is 2.30. The molecule has 2 aromatic rings. The van der Waals surface area contributed by atoms with Crippen LogP contribution in [0.5, 0.6) is 11.5 Å². The number of benzene rings is 2. The third-order valence-electron chi connectivity index (χ3n) is 2.91. The average Bonchev–Trinajstić information content (AvgIpc) is 2.62. The van der Waals surface area contributed by atoms with E-state index in [1.54, 1.807) is 24.3 Å². The van der Waals surface area contributed by atoms with Gasteiger partial charge in [0.1, 0.15) is 23.2 Å². The van der Waals surface area contributed by atoms with Crippen molar-refractivity contribution < 1.29 is 10.2 Å². The molecule has 0 unspecified atom stereocenters. The van der Waals surface area contributed by atoms with Gasteiger partial charge in [0.2, 0.25) is 0 Å². The molecule has 0 saturated carbocycles. The first-order valence-electron chi connectivity index (χ1n) is 5.02. The Morgan fingerprint density at radius 3 is 1.65 bits per heavy atom. The maximum atomic E-state index is 10.1. The molecule has 0 amide bonds. The van der Waals surface area contributed by atoms with Crippen LogP contribution < -0.4 is 5.32 Å². The van der Waals surface area contributed by atoms with Crippen LogP contribution >= 0.6 is 0 Å².